The average molecular weight is 182 g/mol. The van der Waals surface area contributed by atoms with Crippen molar-refractivity contribution >= 4 is 0 Å². The molecule has 5 heteroatoms. The molecule has 0 bridgehead atoms. The molecule has 0 saturated carbocycles. The standard InChI is InChI=1S/C8H14N4O/c1-12-5-10-11-8(12)7-6(4-9)2-3-13-7/h5-7H,2-4,9H2,1H3. The summed E-state index contributed by atoms with van der Waals surface area (Å²) in [6.45, 7) is 1.43. The lowest BCUT2D eigenvalue weighted by atomic mass is 10.0. The van der Waals surface area contributed by atoms with Gasteiger partial charge in [-0.25, -0.2) is 0 Å². The van der Waals surface area contributed by atoms with Crippen molar-refractivity contribution in [2.45, 2.75) is 12.5 Å². The Morgan fingerprint density at radius 1 is 1.77 bits per heavy atom. The fourth-order valence-corrected chi connectivity index (χ4v) is 1.71. The second-order valence-corrected chi connectivity index (χ2v) is 3.38. The Morgan fingerprint density at radius 3 is 3.23 bits per heavy atom. The molecule has 0 radical (unpaired) electrons. The van der Waals surface area contributed by atoms with Gasteiger partial charge >= 0.3 is 0 Å². The SMILES string of the molecule is Cn1cnnc1C1OCCC1CN. The highest BCUT2D eigenvalue weighted by Crippen LogP contribution is 2.31. The summed E-state index contributed by atoms with van der Waals surface area (Å²) in [5, 5.41) is 7.86. The molecule has 0 spiro atoms. The largest absolute Gasteiger partial charge is 0.370 e. The van der Waals surface area contributed by atoms with Gasteiger partial charge in [-0.1, -0.05) is 0 Å². The van der Waals surface area contributed by atoms with E-state index in [1.807, 2.05) is 11.6 Å². The minimum absolute atomic E-state index is 0.0394. The fourth-order valence-electron chi connectivity index (χ4n) is 1.71. The fraction of sp³-hybridized carbons (Fsp3) is 0.750. The van der Waals surface area contributed by atoms with E-state index in [0.717, 1.165) is 18.9 Å². The predicted octanol–water partition coefficient (Wildman–Crippen LogP) is -0.149. The van der Waals surface area contributed by atoms with Crippen LogP contribution in [0.3, 0.4) is 0 Å². The highest BCUT2D eigenvalue weighted by Gasteiger charge is 2.31. The molecule has 1 saturated heterocycles. The molecule has 2 unspecified atom stereocenters. The third-order valence-corrected chi connectivity index (χ3v) is 2.52. The molecule has 72 valence electrons. The zero-order chi connectivity index (χ0) is 9.26. The molecule has 5 nitrogen and oxygen atoms in total. The van der Waals surface area contributed by atoms with Gasteiger partial charge in [0.15, 0.2) is 5.82 Å². The van der Waals surface area contributed by atoms with Crippen molar-refractivity contribution in [1.29, 1.82) is 0 Å². The molecule has 2 rings (SSSR count). The van der Waals surface area contributed by atoms with E-state index in [4.69, 9.17) is 10.5 Å². The van der Waals surface area contributed by atoms with Gasteiger partial charge < -0.3 is 15.0 Å². The normalized spacial score (nSPS) is 28.2. The highest BCUT2D eigenvalue weighted by atomic mass is 16.5. The summed E-state index contributed by atoms with van der Waals surface area (Å²) >= 11 is 0. The lowest BCUT2D eigenvalue weighted by molar-refractivity contribution is 0.0827. The second-order valence-electron chi connectivity index (χ2n) is 3.38. The molecule has 0 amide bonds. The monoisotopic (exact) mass is 182 g/mol. The van der Waals surface area contributed by atoms with E-state index in [9.17, 15) is 0 Å². The van der Waals surface area contributed by atoms with E-state index >= 15 is 0 Å². The molecule has 2 heterocycles. The van der Waals surface area contributed by atoms with Crippen molar-refractivity contribution in [2.24, 2.45) is 18.7 Å². The molecule has 1 aliphatic heterocycles. The van der Waals surface area contributed by atoms with E-state index in [1.165, 1.54) is 0 Å². The summed E-state index contributed by atoms with van der Waals surface area (Å²) < 4.78 is 7.47. The summed E-state index contributed by atoms with van der Waals surface area (Å²) in [7, 11) is 1.92. The quantitative estimate of drug-likeness (QED) is 0.690. The van der Waals surface area contributed by atoms with Crippen molar-refractivity contribution in [3.05, 3.63) is 12.2 Å². The summed E-state index contributed by atoms with van der Waals surface area (Å²) in [6, 6.07) is 0. The maximum Gasteiger partial charge on any atom is 0.162 e. The number of nitrogens with two attached hydrogens (primary N) is 1. The van der Waals surface area contributed by atoms with Crippen molar-refractivity contribution in [3.8, 4) is 0 Å². The lowest BCUT2D eigenvalue weighted by Gasteiger charge is -2.15. The predicted molar refractivity (Wildman–Crippen MR) is 46.9 cm³/mol. The van der Waals surface area contributed by atoms with Gasteiger partial charge in [-0.05, 0) is 13.0 Å². The summed E-state index contributed by atoms with van der Waals surface area (Å²) in [6.07, 6.45) is 2.75. The molecule has 1 fully saturated rings. The molecular formula is C8H14N4O. The van der Waals surface area contributed by atoms with Crippen molar-refractivity contribution in [2.75, 3.05) is 13.2 Å². The Kier molecular flexibility index (Phi) is 2.28. The Morgan fingerprint density at radius 2 is 2.62 bits per heavy atom. The van der Waals surface area contributed by atoms with E-state index in [-0.39, 0.29) is 6.10 Å². The summed E-state index contributed by atoms with van der Waals surface area (Å²) in [4.78, 5) is 0. The van der Waals surface area contributed by atoms with Crippen molar-refractivity contribution in [3.63, 3.8) is 0 Å². The molecule has 13 heavy (non-hydrogen) atoms. The second kappa shape index (κ2) is 3.43. The number of ether oxygens (including phenoxy) is 1. The van der Waals surface area contributed by atoms with Crippen LogP contribution in [0.15, 0.2) is 6.33 Å². The van der Waals surface area contributed by atoms with E-state index < -0.39 is 0 Å². The van der Waals surface area contributed by atoms with Crippen LogP contribution in [-0.4, -0.2) is 27.9 Å². The highest BCUT2D eigenvalue weighted by molar-refractivity contribution is 4.96. The maximum absolute atomic E-state index is 5.64. The van der Waals surface area contributed by atoms with E-state index in [2.05, 4.69) is 10.2 Å². The van der Waals surface area contributed by atoms with Crippen LogP contribution in [0.2, 0.25) is 0 Å². The van der Waals surface area contributed by atoms with E-state index in [0.29, 0.717) is 12.5 Å². The van der Waals surface area contributed by atoms with Gasteiger partial charge in [0, 0.05) is 19.6 Å². The van der Waals surface area contributed by atoms with Crippen LogP contribution in [0.1, 0.15) is 18.3 Å². The average Bonchev–Trinajstić information content (AvgIpc) is 2.71. The third kappa shape index (κ3) is 1.45. The van der Waals surface area contributed by atoms with Crippen LogP contribution in [-0.2, 0) is 11.8 Å². The zero-order valence-electron chi connectivity index (χ0n) is 7.68. The van der Waals surface area contributed by atoms with Crippen LogP contribution in [0.4, 0.5) is 0 Å². The number of aromatic nitrogens is 3. The molecule has 2 N–H and O–H groups in total. The van der Waals surface area contributed by atoms with Gasteiger partial charge in [0.1, 0.15) is 12.4 Å². The summed E-state index contributed by atoms with van der Waals surface area (Å²) in [5.41, 5.74) is 5.64. The van der Waals surface area contributed by atoms with Gasteiger partial charge in [-0.3, -0.25) is 0 Å². The van der Waals surface area contributed by atoms with Crippen LogP contribution in [0.25, 0.3) is 0 Å². The van der Waals surface area contributed by atoms with Crippen LogP contribution < -0.4 is 5.73 Å². The van der Waals surface area contributed by atoms with Gasteiger partial charge in [0.2, 0.25) is 0 Å². The first kappa shape index (κ1) is 8.65. The Labute approximate surface area is 76.9 Å². The molecular weight excluding hydrogens is 168 g/mol. The number of aryl methyl sites for hydroxylation is 1. The maximum atomic E-state index is 5.64. The number of rotatable bonds is 2. The van der Waals surface area contributed by atoms with Crippen LogP contribution in [0, 0.1) is 5.92 Å². The van der Waals surface area contributed by atoms with Gasteiger partial charge in [-0.15, -0.1) is 10.2 Å². The molecule has 1 aromatic rings. The van der Waals surface area contributed by atoms with Gasteiger partial charge in [-0.2, -0.15) is 0 Å². The Balaban J connectivity index is 2.20. The number of nitrogens with zero attached hydrogens (tertiary/aromatic N) is 3. The summed E-state index contributed by atoms with van der Waals surface area (Å²) in [5.74, 6) is 1.27. The first-order valence-corrected chi connectivity index (χ1v) is 4.48. The van der Waals surface area contributed by atoms with Crippen LogP contribution in [0.5, 0.6) is 0 Å². The number of hydrogen-bond acceptors (Lipinski definition) is 4. The Bertz CT molecular complexity index is 285. The van der Waals surface area contributed by atoms with Crippen LogP contribution >= 0.6 is 0 Å². The van der Waals surface area contributed by atoms with Gasteiger partial charge in [0.05, 0.1) is 0 Å². The zero-order valence-corrected chi connectivity index (χ0v) is 7.68. The molecule has 1 aliphatic rings. The molecule has 1 aromatic heterocycles. The van der Waals surface area contributed by atoms with Crippen molar-refractivity contribution < 1.29 is 4.74 Å². The Hall–Kier alpha value is -0.940. The minimum Gasteiger partial charge on any atom is -0.370 e. The molecule has 0 aromatic carbocycles. The molecule has 0 aliphatic carbocycles. The first-order valence-electron chi connectivity index (χ1n) is 4.48. The smallest absolute Gasteiger partial charge is 0.162 e. The molecule has 2 atom stereocenters. The van der Waals surface area contributed by atoms with E-state index in [1.54, 1.807) is 6.33 Å². The van der Waals surface area contributed by atoms with Gasteiger partial charge in [0.25, 0.3) is 0 Å². The third-order valence-electron chi connectivity index (χ3n) is 2.52. The van der Waals surface area contributed by atoms with Crippen molar-refractivity contribution in [1.82, 2.24) is 14.8 Å². The lowest BCUT2D eigenvalue weighted by Crippen LogP contribution is -2.20. The first-order chi connectivity index (χ1) is 6.33. The number of hydrogen-bond donors (Lipinski definition) is 1. The minimum atomic E-state index is 0.0394. The topological polar surface area (TPSA) is 66.0 Å².